The maximum absolute atomic E-state index is 10.1. The van der Waals surface area contributed by atoms with Crippen molar-refractivity contribution in [1.82, 2.24) is 4.90 Å². The van der Waals surface area contributed by atoms with Gasteiger partial charge in [0.15, 0.2) is 0 Å². The molecule has 2 nitrogen and oxygen atoms in total. The van der Waals surface area contributed by atoms with E-state index in [1.54, 1.807) is 0 Å². The molecule has 84 valence electrons. The molecule has 0 amide bonds. The smallest absolute Gasteiger partial charge is 0.107 e. The molecule has 0 bridgehead atoms. The monoisotopic (exact) mass is 199 g/mol. The molecule has 0 radical (unpaired) electrons. The van der Waals surface area contributed by atoms with Crippen molar-refractivity contribution < 1.29 is 5.11 Å². The van der Waals surface area contributed by atoms with Crippen molar-refractivity contribution in [2.45, 2.75) is 77.6 Å². The zero-order valence-corrected chi connectivity index (χ0v) is 10.3. The van der Waals surface area contributed by atoms with Gasteiger partial charge in [0.2, 0.25) is 0 Å². The van der Waals surface area contributed by atoms with Crippen LogP contribution in [0.25, 0.3) is 0 Å². The second-order valence-corrected chi connectivity index (χ2v) is 5.74. The third-order valence-corrected chi connectivity index (χ3v) is 3.54. The lowest BCUT2D eigenvalue weighted by atomic mass is 9.79. The van der Waals surface area contributed by atoms with Crippen LogP contribution in [0, 0.1) is 0 Å². The van der Waals surface area contributed by atoms with Gasteiger partial charge in [0.25, 0.3) is 0 Å². The Morgan fingerprint density at radius 3 is 1.93 bits per heavy atom. The molecule has 1 aliphatic heterocycles. The molecule has 0 saturated carbocycles. The third-order valence-electron chi connectivity index (χ3n) is 3.54. The van der Waals surface area contributed by atoms with Crippen molar-refractivity contribution in [3.8, 4) is 0 Å². The molecule has 1 aliphatic rings. The second kappa shape index (κ2) is 3.82. The quantitative estimate of drug-likeness (QED) is 0.739. The summed E-state index contributed by atoms with van der Waals surface area (Å²) in [4.78, 5) is 2.30. The Morgan fingerprint density at radius 2 is 1.57 bits per heavy atom. The maximum atomic E-state index is 10.1. The summed E-state index contributed by atoms with van der Waals surface area (Å²) in [7, 11) is 0. The SMILES string of the molecule is CCC(O)N1C(C)(C)CCCC1(C)C. The van der Waals surface area contributed by atoms with Crippen molar-refractivity contribution in [3.05, 3.63) is 0 Å². The first kappa shape index (κ1) is 12.0. The van der Waals surface area contributed by atoms with Gasteiger partial charge in [-0.15, -0.1) is 0 Å². The molecule has 1 fully saturated rings. The number of likely N-dealkylation sites (tertiary alicyclic amines) is 1. The van der Waals surface area contributed by atoms with E-state index in [2.05, 4.69) is 32.6 Å². The van der Waals surface area contributed by atoms with Crippen LogP contribution in [-0.2, 0) is 0 Å². The fraction of sp³-hybridized carbons (Fsp3) is 1.00. The molecule has 0 aromatic carbocycles. The average molecular weight is 199 g/mol. The molecule has 14 heavy (non-hydrogen) atoms. The molecule has 0 aliphatic carbocycles. The number of rotatable bonds is 2. The van der Waals surface area contributed by atoms with Crippen molar-refractivity contribution in [1.29, 1.82) is 0 Å². The van der Waals surface area contributed by atoms with Crippen molar-refractivity contribution in [3.63, 3.8) is 0 Å². The highest BCUT2D eigenvalue weighted by Crippen LogP contribution is 2.39. The van der Waals surface area contributed by atoms with E-state index in [0.717, 1.165) is 6.42 Å². The second-order valence-electron chi connectivity index (χ2n) is 5.74. The highest BCUT2D eigenvalue weighted by molar-refractivity contribution is 4.97. The summed E-state index contributed by atoms with van der Waals surface area (Å²) in [6, 6.07) is 0. The van der Waals surface area contributed by atoms with Crippen LogP contribution in [-0.4, -0.2) is 27.3 Å². The van der Waals surface area contributed by atoms with E-state index in [1.165, 1.54) is 19.3 Å². The normalized spacial score (nSPS) is 28.7. The lowest BCUT2D eigenvalue weighted by Crippen LogP contribution is -2.62. The summed E-state index contributed by atoms with van der Waals surface area (Å²) in [5.74, 6) is 0. The van der Waals surface area contributed by atoms with Gasteiger partial charge in [-0.05, 0) is 53.4 Å². The van der Waals surface area contributed by atoms with Gasteiger partial charge >= 0.3 is 0 Å². The Bertz CT molecular complexity index is 182. The molecule has 0 spiro atoms. The van der Waals surface area contributed by atoms with Gasteiger partial charge in [-0.2, -0.15) is 0 Å². The van der Waals surface area contributed by atoms with Gasteiger partial charge in [0.1, 0.15) is 6.23 Å². The number of piperidine rings is 1. The van der Waals surface area contributed by atoms with Gasteiger partial charge in [-0.1, -0.05) is 6.92 Å². The van der Waals surface area contributed by atoms with E-state index in [9.17, 15) is 5.11 Å². The lowest BCUT2D eigenvalue weighted by molar-refractivity contribution is -0.139. The van der Waals surface area contributed by atoms with E-state index in [1.807, 2.05) is 6.92 Å². The Balaban J connectivity index is 2.91. The summed E-state index contributed by atoms with van der Waals surface area (Å²) in [6.07, 6.45) is 4.17. The topological polar surface area (TPSA) is 23.5 Å². The Morgan fingerprint density at radius 1 is 1.14 bits per heavy atom. The highest BCUT2D eigenvalue weighted by Gasteiger charge is 2.43. The summed E-state index contributed by atoms with van der Waals surface area (Å²) in [6.45, 7) is 11.0. The highest BCUT2D eigenvalue weighted by atomic mass is 16.3. The Kier molecular flexibility index (Phi) is 3.27. The van der Waals surface area contributed by atoms with E-state index in [4.69, 9.17) is 0 Å². The van der Waals surface area contributed by atoms with Crippen molar-refractivity contribution >= 4 is 0 Å². The molecule has 0 aromatic rings. The number of hydrogen-bond donors (Lipinski definition) is 1. The fourth-order valence-electron chi connectivity index (χ4n) is 3.00. The van der Waals surface area contributed by atoms with Gasteiger partial charge < -0.3 is 5.11 Å². The minimum absolute atomic E-state index is 0.136. The molecule has 1 heterocycles. The average Bonchev–Trinajstić information content (AvgIpc) is 2.00. The summed E-state index contributed by atoms with van der Waals surface area (Å²) in [5.41, 5.74) is 0.272. The molecular formula is C12H25NO. The van der Waals surface area contributed by atoms with Gasteiger partial charge in [-0.25, -0.2) is 0 Å². The molecule has 1 N–H and O–H groups in total. The van der Waals surface area contributed by atoms with Crippen LogP contribution in [0.4, 0.5) is 0 Å². The standard InChI is InChI=1S/C12H25NO/c1-6-10(14)13-11(2,3)8-7-9-12(13,4)5/h10,14H,6-9H2,1-5H3. The first-order valence-electron chi connectivity index (χ1n) is 5.79. The maximum Gasteiger partial charge on any atom is 0.107 e. The zero-order valence-electron chi connectivity index (χ0n) is 10.3. The van der Waals surface area contributed by atoms with Crippen molar-refractivity contribution in [2.75, 3.05) is 0 Å². The van der Waals surface area contributed by atoms with Crippen LogP contribution in [0.5, 0.6) is 0 Å². The first-order valence-corrected chi connectivity index (χ1v) is 5.79. The number of aliphatic hydroxyl groups excluding tert-OH is 1. The van der Waals surface area contributed by atoms with Crippen LogP contribution < -0.4 is 0 Å². The molecule has 1 rings (SSSR count). The predicted octanol–water partition coefficient (Wildman–Crippen LogP) is 2.76. The third kappa shape index (κ3) is 2.12. The zero-order chi connectivity index (χ0) is 11.0. The van der Waals surface area contributed by atoms with Crippen LogP contribution in [0.3, 0.4) is 0 Å². The minimum atomic E-state index is -0.291. The Labute approximate surface area is 88.3 Å². The van der Waals surface area contributed by atoms with Crippen LogP contribution >= 0.6 is 0 Å². The van der Waals surface area contributed by atoms with E-state index >= 15 is 0 Å². The summed E-state index contributed by atoms with van der Waals surface area (Å²) < 4.78 is 0. The summed E-state index contributed by atoms with van der Waals surface area (Å²) in [5, 5.41) is 10.1. The number of nitrogens with zero attached hydrogens (tertiary/aromatic N) is 1. The summed E-state index contributed by atoms with van der Waals surface area (Å²) >= 11 is 0. The van der Waals surface area contributed by atoms with Gasteiger partial charge in [0, 0.05) is 11.1 Å². The predicted molar refractivity (Wildman–Crippen MR) is 60.1 cm³/mol. The minimum Gasteiger partial charge on any atom is -0.378 e. The van der Waals surface area contributed by atoms with Gasteiger partial charge in [0.05, 0.1) is 0 Å². The molecule has 2 heteroatoms. The van der Waals surface area contributed by atoms with Gasteiger partial charge in [-0.3, -0.25) is 4.90 Å². The van der Waals surface area contributed by atoms with Crippen LogP contribution in [0.1, 0.15) is 60.3 Å². The van der Waals surface area contributed by atoms with Crippen molar-refractivity contribution in [2.24, 2.45) is 0 Å². The van der Waals surface area contributed by atoms with Crippen LogP contribution in [0.15, 0.2) is 0 Å². The molecule has 1 unspecified atom stereocenters. The largest absolute Gasteiger partial charge is 0.378 e. The van der Waals surface area contributed by atoms with E-state index in [0.29, 0.717) is 0 Å². The Hall–Kier alpha value is -0.0800. The van der Waals surface area contributed by atoms with E-state index in [-0.39, 0.29) is 17.3 Å². The van der Waals surface area contributed by atoms with Crippen LogP contribution in [0.2, 0.25) is 0 Å². The number of aliphatic hydroxyl groups is 1. The number of hydrogen-bond acceptors (Lipinski definition) is 2. The first-order chi connectivity index (χ1) is 6.31. The van der Waals surface area contributed by atoms with E-state index < -0.39 is 0 Å². The fourth-order valence-corrected chi connectivity index (χ4v) is 3.00. The molecule has 0 aromatic heterocycles. The lowest BCUT2D eigenvalue weighted by Gasteiger charge is -2.54. The molecule has 1 saturated heterocycles. The molecular weight excluding hydrogens is 174 g/mol. The molecule has 1 atom stereocenters.